The lowest BCUT2D eigenvalue weighted by Crippen LogP contribution is -2.37. The molecule has 1 saturated heterocycles. The maximum atomic E-state index is 13.1. The highest BCUT2D eigenvalue weighted by Gasteiger charge is 2.53. The van der Waals surface area contributed by atoms with Crippen molar-refractivity contribution < 1.29 is 4.79 Å². The highest BCUT2D eigenvalue weighted by atomic mass is 16.2. The topological polar surface area (TPSA) is 61.9 Å². The van der Waals surface area contributed by atoms with Gasteiger partial charge in [0.25, 0.3) is 0 Å². The second-order valence-electron chi connectivity index (χ2n) is 8.36. The van der Waals surface area contributed by atoms with Crippen LogP contribution in [0.1, 0.15) is 48.2 Å². The van der Waals surface area contributed by atoms with Crippen molar-refractivity contribution in [3.8, 4) is 6.07 Å². The zero-order valence-corrected chi connectivity index (χ0v) is 16.7. The van der Waals surface area contributed by atoms with Crippen molar-refractivity contribution in [2.24, 2.45) is 7.05 Å². The van der Waals surface area contributed by atoms with Gasteiger partial charge < -0.3 is 9.47 Å². The molecule has 2 fully saturated rings. The molecule has 5 rings (SSSR count). The number of benzene rings is 2. The van der Waals surface area contributed by atoms with E-state index >= 15 is 0 Å². The van der Waals surface area contributed by atoms with Crippen LogP contribution >= 0.6 is 0 Å². The fourth-order valence-corrected chi connectivity index (χ4v) is 4.56. The largest absolute Gasteiger partial charge is 0.342 e. The van der Waals surface area contributed by atoms with E-state index in [-0.39, 0.29) is 5.41 Å². The van der Waals surface area contributed by atoms with Crippen LogP contribution in [0.3, 0.4) is 0 Å². The molecule has 0 radical (unpaired) electrons. The van der Waals surface area contributed by atoms with Gasteiger partial charge in [-0.15, -0.1) is 0 Å². The number of nitrogens with zero attached hydrogens (tertiary/aromatic N) is 4. The average molecular weight is 384 g/mol. The van der Waals surface area contributed by atoms with Gasteiger partial charge in [-0.3, -0.25) is 4.79 Å². The van der Waals surface area contributed by atoms with Crippen LogP contribution in [0.2, 0.25) is 0 Å². The molecule has 1 amide bonds. The molecule has 0 spiro atoms. The van der Waals surface area contributed by atoms with Crippen LogP contribution in [-0.2, 0) is 23.7 Å². The number of rotatable bonds is 4. The molecule has 1 aliphatic carbocycles. The third-order valence-electron chi connectivity index (χ3n) is 6.52. The normalized spacial score (nSPS) is 17.4. The van der Waals surface area contributed by atoms with Crippen LogP contribution in [0.25, 0.3) is 11.0 Å². The molecular formula is C24H24N4O. The first-order valence-corrected chi connectivity index (χ1v) is 10.3. The van der Waals surface area contributed by atoms with E-state index in [0.29, 0.717) is 17.9 Å². The third kappa shape index (κ3) is 3.00. The smallest absolute Gasteiger partial charge is 0.233 e. The molecule has 2 aliphatic rings. The van der Waals surface area contributed by atoms with Crippen molar-refractivity contribution in [2.75, 3.05) is 13.1 Å². The Balaban J connectivity index is 1.45. The Morgan fingerprint density at radius 2 is 1.86 bits per heavy atom. The SMILES string of the molecule is Cn1c(Cc2ccc(C#N)cc2)nc2cc(C3(C(=O)N4CCCC4)CC3)ccc21. The van der Waals surface area contributed by atoms with E-state index in [9.17, 15) is 4.79 Å². The molecule has 0 unspecified atom stereocenters. The standard InChI is InChI=1S/C24H24N4O/c1-27-21-9-8-19(24(10-11-24)23(29)28-12-2-3-13-28)15-20(21)26-22(27)14-17-4-6-18(16-25)7-5-17/h4-9,15H,2-3,10-14H2,1H3. The summed E-state index contributed by atoms with van der Waals surface area (Å²) >= 11 is 0. The lowest BCUT2D eigenvalue weighted by Gasteiger charge is -2.23. The Labute approximate surface area is 170 Å². The van der Waals surface area contributed by atoms with E-state index < -0.39 is 0 Å². The number of fused-ring (bicyclic) bond motifs is 1. The number of hydrogen-bond donors (Lipinski definition) is 0. The summed E-state index contributed by atoms with van der Waals surface area (Å²) in [7, 11) is 2.04. The minimum absolute atomic E-state index is 0.308. The molecule has 146 valence electrons. The number of hydrogen-bond acceptors (Lipinski definition) is 3. The molecule has 0 bridgehead atoms. The Morgan fingerprint density at radius 1 is 1.14 bits per heavy atom. The predicted octanol–water partition coefficient (Wildman–Crippen LogP) is 3.69. The predicted molar refractivity (Wildman–Crippen MR) is 111 cm³/mol. The van der Waals surface area contributed by atoms with Gasteiger partial charge in [-0.05, 0) is 61.1 Å². The van der Waals surface area contributed by atoms with Gasteiger partial charge in [0, 0.05) is 26.6 Å². The Bertz CT molecular complexity index is 1130. The molecule has 3 aromatic rings. The van der Waals surface area contributed by atoms with E-state index in [1.807, 2.05) is 36.2 Å². The summed E-state index contributed by atoms with van der Waals surface area (Å²) in [4.78, 5) is 20.0. The molecule has 5 heteroatoms. The summed E-state index contributed by atoms with van der Waals surface area (Å²) < 4.78 is 2.12. The van der Waals surface area contributed by atoms with E-state index in [1.165, 1.54) is 0 Å². The summed E-state index contributed by atoms with van der Waals surface area (Å²) in [6, 6.07) is 16.2. The van der Waals surface area contributed by atoms with Crippen molar-refractivity contribution in [2.45, 2.75) is 37.5 Å². The second-order valence-corrected chi connectivity index (χ2v) is 8.36. The van der Waals surface area contributed by atoms with Crippen LogP contribution < -0.4 is 0 Å². The van der Waals surface area contributed by atoms with Crippen molar-refractivity contribution in [3.63, 3.8) is 0 Å². The lowest BCUT2D eigenvalue weighted by molar-refractivity contribution is -0.132. The van der Waals surface area contributed by atoms with Crippen LogP contribution in [0.5, 0.6) is 0 Å². The number of aromatic nitrogens is 2. The van der Waals surface area contributed by atoms with Gasteiger partial charge in [-0.2, -0.15) is 5.26 Å². The highest BCUT2D eigenvalue weighted by molar-refractivity contribution is 5.92. The number of amides is 1. The van der Waals surface area contributed by atoms with Gasteiger partial charge in [0.15, 0.2) is 0 Å². The molecule has 1 aromatic heterocycles. The van der Waals surface area contributed by atoms with Crippen molar-refractivity contribution >= 4 is 16.9 Å². The zero-order chi connectivity index (χ0) is 20.0. The minimum Gasteiger partial charge on any atom is -0.342 e. The van der Waals surface area contributed by atoms with Crippen LogP contribution in [0.15, 0.2) is 42.5 Å². The molecule has 2 aromatic carbocycles. The van der Waals surface area contributed by atoms with Gasteiger partial charge in [0.05, 0.1) is 28.1 Å². The van der Waals surface area contributed by atoms with Gasteiger partial charge in [0.2, 0.25) is 5.91 Å². The Kier molecular flexibility index (Phi) is 4.16. The molecular weight excluding hydrogens is 360 g/mol. The van der Waals surface area contributed by atoms with E-state index in [0.717, 1.165) is 66.8 Å². The summed E-state index contributed by atoms with van der Waals surface area (Å²) in [5.41, 5.74) is 4.63. The van der Waals surface area contributed by atoms with Gasteiger partial charge in [0.1, 0.15) is 5.82 Å². The first-order chi connectivity index (χ1) is 14.1. The molecule has 1 aliphatic heterocycles. The fraction of sp³-hybridized carbons (Fsp3) is 0.375. The van der Waals surface area contributed by atoms with Crippen molar-refractivity contribution in [1.29, 1.82) is 5.26 Å². The minimum atomic E-state index is -0.316. The molecule has 5 nitrogen and oxygen atoms in total. The van der Waals surface area contributed by atoms with Crippen LogP contribution in [-0.4, -0.2) is 33.4 Å². The molecule has 2 heterocycles. The van der Waals surface area contributed by atoms with Crippen molar-refractivity contribution in [1.82, 2.24) is 14.5 Å². The maximum Gasteiger partial charge on any atom is 0.233 e. The van der Waals surface area contributed by atoms with Gasteiger partial charge in [-0.25, -0.2) is 4.98 Å². The summed E-state index contributed by atoms with van der Waals surface area (Å²) in [6.45, 7) is 1.81. The molecule has 1 saturated carbocycles. The Morgan fingerprint density at radius 3 is 2.52 bits per heavy atom. The number of aryl methyl sites for hydroxylation is 1. The second kappa shape index (κ2) is 6.73. The molecule has 0 atom stereocenters. The first-order valence-electron chi connectivity index (χ1n) is 10.3. The summed E-state index contributed by atoms with van der Waals surface area (Å²) in [5, 5.41) is 8.97. The van der Waals surface area contributed by atoms with E-state index in [4.69, 9.17) is 10.2 Å². The quantitative estimate of drug-likeness (QED) is 0.689. The summed E-state index contributed by atoms with van der Waals surface area (Å²) in [6.07, 6.45) is 4.85. The zero-order valence-electron chi connectivity index (χ0n) is 16.7. The number of nitriles is 1. The fourth-order valence-electron chi connectivity index (χ4n) is 4.56. The summed E-state index contributed by atoms with van der Waals surface area (Å²) in [5.74, 6) is 1.29. The monoisotopic (exact) mass is 384 g/mol. The number of carbonyl (C=O) groups excluding carboxylic acids is 1. The first kappa shape index (κ1) is 17.9. The van der Waals surface area contributed by atoms with Gasteiger partial charge in [-0.1, -0.05) is 18.2 Å². The number of carbonyl (C=O) groups is 1. The molecule has 29 heavy (non-hydrogen) atoms. The van der Waals surface area contributed by atoms with Crippen LogP contribution in [0, 0.1) is 11.3 Å². The number of imidazole rings is 1. The maximum absolute atomic E-state index is 13.1. The van der Waals surface area contributed by atoms with E-state index in [2.05, 4.69) is 28.8 Å². The Hall–Kier alpha value is -3.13. The third-order valence-corrected chi connectivity index (χ3v) is 6.52. The molecule has 0 N–H and O–H groups in total. The highest BCUT2D eigenvalue weighted by Crippen LogP contribution is 2.50. The van der Waals surface area contributed by atoms with E-state index in [1.54, 1.807) is 0 Å². The lowest BCUT2D eigenvalue weighted by atomic mass is 9.94. The number of likely N-dealkylation sites (tertiary alicyclic amines) is 1. The van der Waals surface area contributed by atoms with Gasteiger partial charge >= 0.3 is 0 Å². The van der Waals surface area contributed by atoms with Crippen molar-refractivity contribution in [3.05, 3.63) is 65.0 Å². The van der Waals surface area contributed by atoms with Crippen LogP contribution in [0.4, 0.5) is 0 Å². The average Bonchev–Trinajstić information content (AvgIpc) is 3.26.